The average Bonchev–Trinajstić information content (AvgIpc) is 3.15. The van der Waals surface area contributed by atoms with E-state index in [1.165, 1.54) is 3.97 Å². The van der Waals surface area contributed by atoms with Crippen LogP contribution in [0.3, 0.4) is 0 Å². The van der Waals surface area contributed by atoms with Crippen LogP contribution in [0.25, 0.3) is 11.1 Å². The predicted molar refractivity (Wildman–Crippen MR) is 127 cm³/mol. The minimum Gasteiger partial charge on any atom is -0.497 e. The summed E-state index contributed by atoms with van der Waals surface area (Å²) >= 11 is 0. The largest absolute Gasteiger partial charge is 0.497 e. The number of aromatic nitrogens is 1. The molecule has 0 fully saturated rings. The highest BCUT2D eigenvalue weighted by molar-refractivity contribution is 7.90. The van der Waals surface area contributed by atoms with E-state index in [2.05, 4.69) is 13.8 Å². The molecular formula is C26H33NO3S. The molecule has 0 amide bonds. The monoisotopic (exact) mass is 439 g/mol. The second kappa shape index (κ2) is 10.2. The molecule has 5 heteroatoms. The van der Waals surface area contributed by atoms with Gasteiger partial charge in [-0.05, 0) is 68.0 Å². The molecule has 0 radical (unpaired) electrons. The van der Waals surface area contributed by atoms with E-state index in [1.807, 2.05) is 49.5 Å². The van der Waals surface area contributed by atoms with E-state index in [9.17, 15) is 8.42 Å². The minimum absolute atomic E-state index is 0.328. The van der Waals surface area contributed by atoms with E-state index >= 15 is 0 Å². The van der Waals surface area contributed by atoms with Gasteiger partial charge in [0.15, 0.2) is 0 Å². The molecule has 0 saturated carbocycles. The molecule has 0 unspecified atom stereocenters. The van der Waals surface area contributed by atoms with Crippen LogP contribution in [0.15, 0.2) is 59.6 Å². The first-order chi connectivity index (χ1) is 14.9. The van der Waals surface area contributed by atoms with Gasteiger partial charge in [0.05, 0.1) is 12.0 Å². The fourth-order valence-electron chi connectivity index (χ4n) is 3.86. The van der Waals surface area contributed by atoms with Crippen molar-refractivity contribution >= 4 is 10.0 Å². The molecule has 0 N–H and O–H groups in total. The van der Waals surface area contributed by atoms with Gasteiger partial charge >= 0.3 is 0 Å². The van der Waals surface area contributed by atoms with Gasteiger partial charge in [-0.1, -0.05) is 56.5 Å². The maximum atomic E-state index is 13.6. The topological polar surface area (TPSA) is 48.3 Å². The molecule has 0 bridgehead atoms. The van der Waals surface area contributed by atoms with Gasteiger partial charge in [-0.15, -0.1) is 0 Å². The van der Waals surface area contributed by atoms with Crippen molar-refractivity contribution in [1.29, 1.82) is 0 Å². The van der Waals surface area contributed by atoms with Gasteiger partial charge in [0.2, 0.25) is 0 Å². The molecule has 0 atom stereocenters. The van der Waals surface area contributed by atoms with Gasteiger partial charge in [0.1, 0.15) is 5.75 Å². The number of hydrogen-bond acceptors (Lipinski definition) is 3. The Balaban J connectivity index is 2.21. The lowest BCUT2D eigenvalue weighted by atomic mass is 9.97. The second-order valence-electron chi connectivity index (χ2n) is 8.02. The van der Waals surface area contributed by atoms with E-state index in [-0.39, 0.29) is 0 Å². The van der Waals surface area contributed by atoms with Crippen LogP contribution in [0.1, 0.15) is 56.4 Å². The molecule has 0 spiro atoms. The first kappa shape index (κ1) is 23.1. The van der Waals surface area contributed by atoms with Crippen LogP contribution in [-0.4, -0.2) is 19.5 Å². The van der Waals surface area contributed by atoms with Crippen molar-refractivity contribution in [3.05, 3.63) is 71.5 Å². The number of benzene rings is 2. The summed E-state index contributed by atoms with van der Waals surface area (Å²) in [5.74, 6) is 0.789. The zero-order valence-electron chi connectivity index (χ0n) is 19.0. The summed E-state index contributed by atoms with van der Waals surface area (Å²) in [7, 11) is -2.02. The summed E-state index contributed by atoms with van der Waals surface area (Å²) in [5.41, 5.74) is 5.12. The predicted octanol–water partition coefficient (Wildman–Crippen LogP) is 6.39. The first-order valence-electron chi connectivity index (χ1n) is 11.1. The molecule has 1 aromatic heterocycles. The molecule has 166 valence electrons. The van der Waals surface area contributed by atoms with Gasteiger partial charge < -0.3 is 4.74 Å². The second-order valence-corrected chi connectivity index (χ2v) is 9.83. The van der Waals surface area contributed by atoms with Gasteiger partial charge in [-0.3, -0.25) is 0 Å². The summed E-state index contributed by atoms with van der Waals surface area (Å²) < 4.78 is 34.1. The number of hydrogen-bond donors (Lipinski definition) is 0. The molecule has 3 rings (SSSR count). The Kier molecular flexibility index (Phi) is 7.60. The molecule has 0 aliphatic heterocycles. The summed E-state index contributed by atoms with van der Waals surface area (Å²) in [5, 5.41) is 0. The van der Waals surface area contributed by atoms with Crippen molar-refractivity contribution in [2.45, 2.75) is 64.2 Å². The van der Waals surface area contributed by atoms with Crippen LogP contribution < -0.4 is 4.74 Å². The highest BCUT2D eigenvalue weighted by atomic mass is 32.2. The van der Waals surface area contributed by atoms with E-state index in [0.717, 1.165) is 72.2 Å². The Morgan fingerprint density at radius 1 is 0.871 bits per heavy atom. The van der Waals surface area contributed by atoms with Crippen molar-refractivity contribution in [3.8, 4) is 16.9 Å². The Morgan fingerprint density at radius 2 is 1.48 bits per heavy atom. The van der Waals surface area contributed by atoms with E-state index in [1.54, 1.807) is 19.2 Å². The molecule has 0 aliphatic carbocycles. The molecule has 3 aromatic rings. The highest BCUT2D eigenvalue weighted by Crippen LogP contribution is 2.34. The zero-order chi connectivity index (χ0) is 22.4. The maximum Gasteiger partial charge on any atom is 0.267 e. The quantitative estimate of drug-likeness (QED) is 0.367. The average molecular weight is 440 g/mol. The fraction of sp³-hybridized carbons (Fsp3) is 0.385. The molecule has 0 saturated heterocycles. The van der Waals surface area contributed by atoms with Crippen LogP contribution >= 0.6 is 0 Å². The minimum atomic E-state index is -3.67. The molecule has 4 nitrogen and oxygen atoms in total. The maximum absolute atomic E-state index is 13.6. The lowest BCUT2D eigenvalue weighted by Crippen LogP contribution is -2.15. The normalized spacial score (nSPS) is 11.6. The number of rotatable bonds is 10. The van der Waals surface area contributed by atoms with Crippen LogP contribution in [0.2, 0.25) is 0 Å². The Morgan fingerprint density at radius 3 is 2.06 bits per heavy atom. The van der Waals surface area contributed by atoms with Crippen molar-refractivity contribution < 1.29 is 13.2 Å². The lowest BCUT2D eigenvalue weighted by Gasteiger charge is -2.13. The summed E-state index contributed by atoms with van der Waals surface area (Å²) in [6.45, 7) is 6.26. The van der Waals surface area contributed by atoms with E-state index < -0.39 is 10.0 Å². The van der Waals surface area contributed by atoms with E-state index in [0.29, 0.717) is 4.90 Å². The lowest BCUT2D eigenvalue weighted by molar-refractivity contribution is 0.415. The SMILES string of the molecule is CCCCc1c(-c2ccc(OC)cc2)cn(S(=O)(=O)c2ccc(C)cc2)c1CCCC. The number of aryl methyl sites for hydroxylation is 1. The Labute approximate surface area is 186 Å². The summed E-state index contributed by atoms with van der Waals surface area (Å²) in [4.78, 5) is 0.328. The molecule has 2 aromatic carbocycles. The number of methoxy groups -OCH3 is 1. The smallest absolute Gasteiger partial charge is 0.267 e. The Bertz CT molecular complexity index is 1090. The van der Waals surface area contributed by atoms with Crippen LogP contribution in [0, 0.1) is 6.92 Å². The zero-order valence-corrected chi connectivity index (χ0v) is 19.8. The third-order valence-electron chi connectivity index (χ3n) is 5.71. The molecule has 31 heavy (non-hydrogen) atoms. The van der Waals surface area contributed by atoms with Crippen molar-refractivity contribution in [2.75, 3.05) is 7.11 Å². The van der Waals surface area contributed by atoms with Crippen LogP contribution in [-0.2, 0) is 22.9 Å². The molecule has 1 heterocycles. The number of nitrogens with zero attached hydrogens (tertiary/aromatic N) is 1. The molecular weight excluding hydrogens is 406 g/mol. The van der Waals surface area contributed by atoms with Crippen molar-refractivity contribution in [3.63, 3.8) is 0 Å². The van der Waals surface area contributed by atoms with Crippen LogP contribution in [0.4, 0.5) is 0 Å². The van der Waals surface area contributed by atoms with Crippen LogP contribution in [0.5, 0.6) is 5.75 Å². The van der Waals surface area contributed by atoms with Gasteiger partial charge in [0, 0.05) is 17.5 Å². The highest BCUT2D eigenvalue weighted by Gasteiger charge is 2.25. The van der Waals surface area contributed by atoms with Gasteiger partial charge in [0.25, 0.3) is 10.0 Å². The number of unbranched alkanes of at least 4 members (excludes halogenated alkanes) is 2. The third kappa shape index (κ3) is 5.04. The standard InChI is InChI=1S/C26H33NO3S/c1-5-7-9-24-25(21-13-15-22(30-4)16-14-21)19-27(26(24)10-8-6-2)31(28,29)23-17-11-20(3)12-18-23/h11-19H,5-10H2,1-4H3. The first-order valence-corrected chi connectivity index (χ1v) is 12.6. The summed E-state index contributed by atoms with van der Waals surface area (Å²) in [6, 6.07) is 15.0. The van der Waals surface area contributed by atoms with Gasteiger partial charge in [-0.25, -0.2) is 12.4 Å². The number of ether oxygens (including phenoxy) is 1. The van der Waals surface area contributed by atoms with Crippen molar-refractivity contribution in [1.82, 2.24) is 3.97 Å². The Hall–Kier alpha value is -2.53. The van der Waals surface area contributed by atoms with Gasteiger partial charge in [-0.2, -0.15) is 0 Å². The summed E-state index contributed by atoms with van der Waals surface area (Å²) in [6.07, 6.45) is 7.49. The van der Waals surface area contributed by atoms with E-state index in [4.69, 9.17) is 4.74 Å². The fourth-order valence-corrected chi connectivity index (χ4v) is 5.30. The third-order valence-corrected chi connectivity index (χ3v) is 7.42. The molecule has 0 aliphatic rings. The van der Waals surface area contributed by atoms with Crippen molar-refractivity contribution in [2.24, 2.45) is 0 Å².